The summed E-state index contributed by atoms with van der Waals surface area (Å²) in [5.41, 5.74) is 1.61. The van der Waals surface area contributed by atoms with Gasteiger partial charge in [0.1, 0.15) is 11.5 Å². The van der Waals surface area contributed by atoms with Crippen molar-refractivity contribution < 1.29 is 19.1 Å². The van der Waals surface area contributed by atoms with Gasteiger partial charge in [-0.1, -0.05) is 61.7 Å². The Hall–Kier alpha value is -2.14. The number of ether oxygens (including phenoxy) is 2. The highest BCUT2D eigenvalue weighted by molar-refractivity contribution is 5.91. The molecule has 5 nitrogen and oxygen atoms in total. The Bertz CT molecular complexity index is 756. The van der Waals surface area contributed by atoms with E-state index in [1.165, 1.54) is 5.56 Å². The predicted octanol–water partition coefficient (Wildman–Crippen LogP) is 3.01. The van der Waals surface area contributed by atoms with E-state index in [1.807, 2.05) is 48.2 Å². The molecular formula is C22H27NO4. The fourth-order valence-electron chi connectivity index (χ4n) is 4.52. The first-order valence-corrected chi connectivity index (χ1v) is 9.92. The quantitative estimate of drug-likeness (QED) is 0.421. The highest BCUT2D eigenvalue weighted by Crippen LogP contribution is 2.52. The Labute approximate surface area is 160 Å². The Kier molecular flexibility index (Phi) is 4.81. The molecule has 0 unspecified atom stereocenters. The van der Waals surface area contributed by atoms with Gasteiger partial charge in [-0.25, -0.2) is 0 Å². The van der Waals surface area contributed by atoms with Crippen LogP contribution in [0.4, 0.5) is 0 Å². The maximum absolute atomic E-state index is 13.1. The maximum Gasteiger partial charge on any atom is 0.312 e. The molecule has 0 saturated carbocycles. The molecule has 1 amide bonds. The molecule has 0 N–H and O–H groups in total. The van der Waals surface area contributed by atoms with Crippen molar-refractivity contribution >= 4 is 11.9 Å². The van der Waals surface area contributed by atoms with E-state index in [-0.39, 0.29) is 18.0 Å². The fourth-order valence-corrected chi connectivity index (χ4v) is 4.52. The maximum atomic E-state index is 13.1. The van der Waals surface area contributed by atoms with Gasteiger partial charge < -0.3 is 14.4 Å². The Morgan fingerprint density at radius 3 is 2.81 bits per heavy atom. The van der Waals surface area contributed by atoms with E-state index in [2.05, 4.69) is 6.92 Å². The smallest absolute Gasteiger partial charge is 0.312 e. The predicted molar refractivity (Wildman–Crippen MR) is 101 cm³/mol. The molecule has 3 aliphatic heterocycles. The Balaban J connectivity index is 1.47. The van der Waals surface area contributed by atoms with Crippen LogP contribution in [0.2, 0.25) is 0 Å². The van der Waals surface area contributed by atoms with Gasteiger partial charge in [0.2, 0.25) is 5.91 Å². The summed E-state index contributed by atoms with van der Waals surface area (Å²) in [4.78, 5) is 27.6. The number of nitrogens with zero attached hydrogens (tertiary/aromatic N) is 1. The molecule has 2 fully saturated rings. The van der Waals surface area contributed by atoms with Crippen molar-refractivity contribution in [3.63, 3.8) is 0 Å². The normalized spacial score (nSPS) is 30.8. The first-order valence-electron chi connectivity index (χ1n) is 9.92. The van der Waals surface area contributed by atoms with Gasteiger partial charge in [-0.3, -0.25) is 9.59 Å². The van der Waals surface area contributed by atoms with Gasteiger partial charge in [-0.05, 0) is 18.9 Å². The lowest BCUT2D eigenvalue weighted by Gasteiger charge is -2.22. The number of benzene rings is 1. The highest BCUT2D eigenvalue weighted by Gasteiger charge is 2.67. The molecule has 5 heteroatoms. The van der Waals surface area contributed by atoms with E-state index < -0.39 is 17.4 Å². The summed E-state index contributed by atoms with van der Waals surface area (Å²) in [7, 11) is 0. The number of carbonyl (C=O) groups is 2. The molecule has 27 heavy (non-hydrogen) atoms. The molecule has 4 atom stereocenters. The van der Waals surface area contributed by atoms with Crippen molar-refractivity contribution in [2.45, 2.75) is 51.4 Å². The van der Waals surface area contributed by atoms with E-state index in [9.17, 15) is 9.59 Å². The second-order valence-electron chi connectivity index (χ2n) is 7.95. The van der Waals surface area contributed by atoms with Crippen molar-refractivity contribution in [2.75, 3.05) is 13.2 Å². The lowest BCUT2D eigenvalue weighted by atomic mass is 9.77. The third-order valence-corrected chi connectivity index (χ3v) is 5.94. The van der Waals surface area contributed by atoms with E-state index in [4.69, 9.17) is 9.47 Å². The number of esters is 1. The molecule has 3 aliphatic rings. The van der Waals surface area contributed by atoms with Crippen LogP contribution in [-0.2, 0) is 25.6 Å². The van der Waals surface area contributed by atoms with Gasteiger partial charge in [0.15, 0.2) is 0 Å². The lowest BCUT2D eigenvalue weighted by Crippen LogP contribution is -2.40. The van der Waals surface area contributed by atoms with Gasteiger partial charge >= 0.3 is 5.97 Å². The molecule has 1 spiro atoms. The number of fused-ring (bicyclic) bond motifs is 1. The van der Waals surface area contributed by atoms with Crippen LogP contribution < -0.4 is 0 Å². The van der Waals surface area contributed by atoms with Crippen LogP contribution in [0.15, 0.2) is 36.4 Å². The monoisotopic (exact) mass is 369 g/mol. The number of hydrogen-bond donors (Lipinski definition) is 0. The van der Waals surface area contributed by atoms with Gasteiger partial charge in [0, 0.05) is 6.54 Å². The third kappa shape index (κ3) is 3.18. The van der Waals surface area contributed by atoms with E-state index >= 15 is 0 Å². The molecular weight excluding hydrogens is 342 g/mol. The van der Waals surface area contributed by atoms with Crippen LogP contribution in [0.5, 0.6) is 0 Å². The summed E-state index contributed by atoms with van der Waals surface area (Å²) in [6.07, 6.45) is 6.55. The highest BCUT2D eigenvalue weighted by atomic mass is 16.6. The summed E-state index contributed by atoms with van der Waals surface area (Å²) in [6.45, 7) is 5.61. The number of rotatable bonds is 7. The van der Waals surface area contributed by atoms with E-state index in [0.717, 1.165) is 24.8 Å². The SMILES string of the molecule is CCCCCOC(=O)[C@H]1[C@@H]2C=C[C@@]3(CN(Cc4ccc(C)cc4)C(=O)[C@H]13)O2. The van der Waals surface area contributed by atoms with Crippen LogP contribution in [0.25, 0.3) is 0 Å². The zero-order valence-electron chi connectivity index (χ0n) is 16.0. The molecule has 0 aromatic heterocycles. The summed E-state index contributed by atoms with van der Waals surface area (Å²) in [6, 6.07) is 8.19. The third-order valence-electron chi connectivity index (χ3n) is 5.94. The number of carbonyl (C=O) groups excluding carboxylic acids is 2. The lowest BCUT2D eigenvalue weighted by molar-refractivity contribution is -0.154. The van der Waals surface area contributed by atoms with Crippen LogP contribution in [0, 0.1) is 18.8 Å². The van der Waals surface area contributed by atoms with Crippen molar-refractivity contribution in [3.05, 3.63) is 47.5 Å². The van der Waals surface area contributed by atoms with Crippen molar-refractivity contribution in [1.82, 2.24) is 4.90 Å². The fraction of sp³-hybridized carbons (Fsp3) is 0.545. The van der Waals surface area contributed by atoms with E-state index in [0.29, 0.717) is 19.7 Å². The molecule has 4 rings (SSSR count). The van der Waals surface area contributed by atoms with Gasteiger partial charge in [0.05, 0.1) is 25.2 Å². The van der Waals surface area contributed by atoms with Gasteiger partial charge in [0.25, 0.3) is 0 Å². The number of amides is 1. The van der Waals surface area contributed by atoms with Crippen molar-refractivity contribution in [3.8, 4) is 0 Å². The number of hydrogen-bond acceptors (Lipinski definition) is 4. The summed E-state index contributed by atoms with van der Waals surface area (Å²) < 4.78 is 11.6. The van der Waals surface area contributed by atoms with Crippen molar-refractivity contribution in [2.24, 2.45) is 11.8 Å². The van der Waals surface area contributed by atoms with Gasteiger partial charge in [-0.15, -0.1) is 0 Å². The largest absolute Gasteiger partial charge is 0.465 e. The second-order valence-corrected chi connectivity index (χ2v) is 7.95. The molecule has 0 radical (unpaired) electrons. The van der Waals surface area contributed by atoms with Gasteiger partial charge in [-0.2, -0.15) is 0 Å². The standard InChI is InChI=1S/C22H27NO4/c1-3-4-5-12-26-21(25)18-17-10-11-22(27-17)14-23(20(24)19(18)22)13-16-8-6-15(2)7-9-16/h6-11,17-19H,3-5,12-14H2,1-2H3/t17-,18-,19-,22-/m0/s1. The van der Waals surface area contributed by atoms with Crippen LogP contribution in [0.1, 0.15) is 37.3 Å². The molecule has 1 aromatic carbocycles. The van der Waals surface area contributed by atoms with Crippen molar-refractivity contribution in [1.29, 1.82) is 0 Å². The molecule has 0 aliphatic carbocycles. The zero-order chi connectivity index (χ0) is 19.0. The Morgan fingerprint density at radius 1 is 1.30 bits per heavy atom. The minimum absolute atomic E-state index is 0.00191. The molecule has 144 valence electrons. The first kappa shape index (κ1) is 18.2. The Morgan fingerprint density at radius 2 is 2.07 bits per heavy atom. The topological polar surface area (TPSA) is 55.8 Å². The zero-order valence-corrected chi connectivity index (χ0v) is 16.0. The van der Waals surface area contributed by atoms with Crippen LogP contribution >= 0.6 is 0 Å². The molecule has 2 bridgehead atoms. The summed E-state index contributed by atoms with van der Waals surface area (Å²) in [5, 5.41) is 0. The van der Waals surface area contributed by atoms with Crippen LogP contribution in [0.3, 0.4) is 0 Å². The molecule has 1 aromatic rings. The molecule has 3 heterocycles. The number of likely N-dealkylation sites (tertiary alicyclic amines) is 1. The second kappa shape index (κ2) is 7.12. The minimum atomic E-state index is -0.667. The first-order chi connectivity index (χ1) is 13.0. The number of unbranched alkanes of at least 4 members (excludes halogenated alkanes) is 2. The minimum Gasteiger partial charge on any atom is -0.465 e. The summed E-state index contributed by atoms with van der Waals surface area (Å²) >= 11 is 0. The van der Waals surface area contributed by atoms with Crippen LogP contribution in [-0.4, -0.2) is 41.6 Å². The summed E-state index contributed by atoms with van der Waals surface area (Å²) in [5.74, 6) is -1.28. The van der Waals surface area contributed by atoms with E-state index in [1.54, 1.807) is 0 Å². The molecule has 2 saturated heterocycles. The number of aryl methyl sites for hydroxylation is 1. The average molecular weight is 369 g/mol. The average Bonchev–Trinajstić information content (AvgIpc) is 3.29.